The third kappa shape index (κ3) is 5.51. The van der Waals surface area contributed by atoms with Gasteiger partial charge < -0.3 is 15.5 Å². The van der Waals surface area contributed by atoms with E-state index in [-0.39, 0.29) is 35.0 Å². The molecule has 0 fully saturated rings. The first-order valence-corrected chi connectivity index (χ1v) is 8.47. The first-order valence-electron chi connectivity index (χ1n) is 8.47. The molecule has 0 aliphatic carbocycles. The Morgan fingerprint density at radius 1 is 1.07 bits per heavy atom. The lowest BCUT2D eigenvalue weighted by atomic mass is 9.95. The number of nitrogens with one attached hydrogen (secondary N) is 1. The summed E-state index contributed by atoms with van der Waals surface area (Å²) in [6.45, 7) is 3.72. The van der Waals surface area contributed by atoms with Crippen molar-refractivity contribution in [3.8, 4) is 11.5 Å². The Morgan fingerprint density at radius 2 is 1.78 bits per heavy atom. The van der Waals surface area contributed by atoms with Crippen molar-refractivity contribution in [2.75, 3.05) is 0 Å². The van der Waals surface area contributed by atoms with Crippen molar-refractivity contribution < 1.29 is 28.6 Å². The molecule has 5 nitrogen and oxygen atoms in total. The minimum Gasteiger partial charge on any atom is -0.508 e. The summed E-state index contributed by atoms with van der Waals surface area (Å²) in [7, 11) is 0. The van der Waals surface area contributed by atoms with Crippen LogP contribution in [0.4, 0.5) is 8.78 Å². The summed E-state index contributed by atoms with van der Waals surface area (Å²) in [4.78, 5) is 25.0. The number of phenols is 2. The highest BCUT2D eigenvalue weighted by Gasteiger charge is 2.25. The second-order valence-electron chi connectivity index (χ2n) is 6.74. The Labute approximate surface area is 155 Å². The zero-order valence-electron chi connectivity index (χ0n) is 15.0. The minimum atomic E-state index is -0.927. The van der Waals surface area contributed by atoms with Gasteiger partial charge >= 0.3 is 0 Å². The molecular weight excluding hydrogens is 356 g/mol. The fourth-order valence-corrected chi connectivity index (χ4v) is 2.66. The van der Waals surface area contributed by atoms with Gasteiger partial charge in [0.05, 0.1) is 11.6 Å². The van der Waals surface area contributed by atoms with Crippen LogP contribution in [0.25, 0.3) is 0 Å². The monoisotopic (exact) mass is 377 g/mol. The highest BCUT2D eigenvalue weighted by atomic mass is 19.1. The van der Waals surface area contributed by atoms with Crippen LogP contribution in [0, 0.1) is 17.6 Å². The second kappa shape index (κ2) is 8.62. The summed E-state index contributed by atoms with van der Waals surface area (Å²) in [5.74, 6) is -3.26. The average Bonchev–Trinajstić information content (AvgIpc) is 2.58. The molecule has 7 heteroatoms. The van der Waals surface area contributed by atoms with Crippen LogP contribution in [0.15, 0.2) is 36.4 Å². The number of hydrogen-bond acceptors (Lipinski definition) is 4. The van der Waals surface area contributed by atoms with E-state index in [1.807, 2.05) is 13.8 Å². The zero-order chi connectivity index (χ0) is 20.1. The third-order valence-electron chi connectivity index (χ3n) is 4.01. The lowest BCUT2D eigenvalue weighted by molar-refractivity contribution is -0.120. The normalized spacial score (nSPS) is 12.0. The molecule has 0 bridgehead atoms. The lowest BCUT2D eigenvalue weighted by Crippen LogP contribution is -2.42. The molecule has 0 saturated heterocycles. The van der Waals surface area contributed by atoms with Crippen LogP contribution in [0.1, 0.15) is 36.2 Å². The second-order valence-corrected chi connectivity index (χ2v) is 6.74. The van der Waals surface area contributed by atoms with E-state index in [0.717, 1.165) is 30.3 Å². The molecule has 0 saturated carbocycles. The average molecular weight is 377 g/mol. The Kier molecular flexibility index (Phi) is 6.50. The summed E-state index contributed by atoms with van der Waals surface area (Å²) in [6.07, 6.45) is 0.0826. The molecule has 0 aromatic heterocycles. The number of hydrogen-bond donors (Lipinski definition) is 3. The van der Waals surface area contributed by atoms with Crippen molar-refractivity contribution in [2.24, 2.45) is 5.92 Å². The molecule has 0 unspecified atom stereocenters. The van der Waals surface area contributed by atoms with Crippen molar-refractivity contribution in [3.05, 3.63) is 59.2 Å². The fraction of sp³-hybridized carbons (Fsp3) is 0.300. The highest BCUT2D eigenvalue weighted by molar-refractivity contribution is 5.98. The van der Waals surface area contributed by atoms with Crippen LogP contribution in [0.5, 0.6) is 11.5 Å². The number of phenolic OH excluding ortho intramolecular Hbond substituents is 2. The first kappa shape index (κ1) is 20.4. The van der Waals surface area contributed by atoms with Crippen molar-refractivity contribution in [1.82, 2.24) is 5.32 Å². The van der Waals surface area contributed by atoms with E-state index in [1.54, 1.807) is 0 Å². The van der Waals surface area contributed by atoms with Crippen LogP contribution in [-0.4, -0.2) is 27.9 Å². The van der Waals surface area contributed by atoms with E-state index in [2.05, 4.69) is 5.32 Å². The predicted octanol–water partition coefficient (Wildman–Crippen LogP) is 3.33. The summed E-state index contributed by atoms with van der Waals surface area (Å²) < 4.78 is 26.9. The largest absolute Gasteiger partial charge is 0.508 e. The van der Waals surface area contributed by atoms with E-state index in [1.165, 1.54) is 6.07 Å². The Bertz CT molecular complexity index is 852. The number of aromatic hydroxyl groups is 2. The van der Waals surface area contributed by atoms with E-state index >= 15 is 0 Å². The maximum Gasteiger partial charge on any atom is 0.254 e. The van der Waals surface area contributed by atoms with Crippen molar-refractivity contribution in [1.29, 1.82) is 0 Å². The smallest absolute Gasteiger partial charge is 0.254 e. The van der Waals surface area contributed by atoms with Crippen molar-refractivity contribution in [2.45, 2.75) is 32.7 Å². The topological polar surface area (TPSA) is 86.6 Å². The van der Waals surface area contributed by atoms with Gasteiger partial charge in [0, 0.05) is 18.1 Å². The van der Waals surface area contributed by atoms with Gasteiger partial charge in [0.2, 0.25) is 0 Å². The molecule has 3 N–H and O–H groups in total. The minimum absolute atomic E-state index is 0.0510. The Balaban J connectivity index is 2.19. The number of halogens is 2. The predicted molar refractivity (Wildman–Crippen MR) is 95.5 cm³/mol. The van der Waals surface area contributed by atoms with Gasteiger partial charge in [-0.3, -0.25) is 9.59 Å². The van der Waals surface area contributed by atoms with Crippen LogP contribution < -0.4 is 5.32 Å². The first-order chi connectivity index (χ1) is 12.7. The molecule has 144 valence electrons. The standard InChI is InChI=1S/C20H21F2NO4/c1-11(2)7-17(19(26)8-12-3-4-13(21)9-18(12)25)23-20(27)15-10-14(24)5-6-16(15)22/h3-6,9-11,17,24-25H,7-8H2,1-2H3,(H,23,27)/t17-/m0/s1. The highest BCUT2D eigenvalue weighted by Crippen LogP contribution is 2.21. The summed E-state index contributed by atoms with van der Waals surface area (Å²) in [6, 6.07) is 5.45. The SMILES string of the molecule is CC(C)C[C@H](NC(=O)c1cc(O)ccc1F)C(=O)Cc1ccc(F)cc1O. The van der Waals surface area contributed by atoms with Crippen LogP contribution in [-0.2, 0) is 11.2 Å². The molecule has 0 heterocycles. The maximum absolute atomic E-state index is 13.8. The molecule has 2 rings (SSSR count). The maximum atomic E-state index is 13.8. The number of rotatable bonds is 7. The van der Waals surface area contributed by atoms with Crippen LogP contribution >= 0.6 is 0 Å². The number of carbonyl (C=O) groups is 2. The van der Waals surface area contributed by atoms with Gasteiger partial charge in [0.1, 0.15) is 23.1 Å². The van der Waals surface area contributed by atoms with Crippen molar-refractivity contribution >= 4 is 11.7 Å². The van der Waals surface area contributed by atoms with Gasteiger partial charge in [-0.05, 0) is 36.6 Å². The summed E-state index contributed by atoms with van der Waals surface area (Å²) in [5, 5.41) is 21.7. The number of ketones is 1. The number of benzene rings is 2. The van der Waals surface area contributed by atoms with E-state index in [9.17, 15) is 28.6 Å². The number of carbonyl (C=O) groups excluding carboxylic acids is 2. The van der Waals surface area contributed by atoms with Crippen LogP contribution in [0.3, 0.4) is 0 Å². The van der Waals surface area contributed by atoms with Gasteiger partial charge in [-0.1, -0.05) is 19.9 Å². The number of amides is 1. The van der Waals surface area contributed by atoms with Gasteiger partial charge in [0.25, 0.3) is 5.91 Å². The molecule has 0 aliphatic heterocycles. The van der Waals surface area contributed by atoms with Gasteiger partial charge in [0.15, 0.2) is 5.78 Å². The molecule has 0 aliphatic rings. The molecule has 27 heavy (non-hydrogen) atoms. The Hall–Kier alpha value is -2.96. The van der Waals surface area contributed by atoms with Crippen molar-refractivity contribution in [3.63, 3.8) is 0 Å². The van der Waals surface area contributed by atoms with Crippen LogP contribution in [0.2, 0.25) is 0 Å². The molecule has 1 atom stereocenters. The number of Topliss-reactive ketones (excluding diaryl/α,β-unsaturated/α-hetero) is 1. The van der Waals surface area contributed by atoms with Gasteiger partial charge in [-0.25, -0.2) is 8.78 Å². The molecule has 0 spiro atoms. The summed E-state index contributed by atoms with van der Waals surface area (Å²) in [5.41, 5.74) is -0.144. The fourth-order valence-electron chi connectivity index (χ4n) is 2.66. The molecule has 0 radical (unpaired) electrons. The molecule has 2 aromatic carbocycles. The molecule has 2 aromatic rings. The van der Waals surface area contributed by atoms with E-state index in [4.69, 9.17) is 0 Å². The zero-order valence-corrected chi connectivity index (χ0v) is 15.0. The van der Waals surface area contributed by atoms with E-state index < -0.39 is 29.4 Å². The lowest BCUT2D eigenvalue weighted by Gasteiger charge is -2.20. The van der Waals surface area contributed by atoms with E-state index in [0.29, 0.717) is 6.42 Å². The third-order valence-corrected chi connectivity index (χ3v) is 4.01. The van der Waals surface area contributed by atoms with Gasteiger partial charge in [-0.15, -0.1) is 0 Å². The quantitative estimate of drug-likeness (QED) is 0.691. The van der Waals surface area contributed by atoms with Gasteiger partial charge in [-0.2, -0.15) is 0 Å². The molecule has 1 amide bonds. The molecular formula is C20H21F2NO4. The Morgan fingerprint density at radius 3 is 2.41 bits per heavy atom. The summed E-state index contributed by atoms with van der Waals surface area (Å²) >= 11 is 0.